The molecule has 4 heteroatoms. The Balaban J connectivity index is 1.90. The molecule has 2 rings (SSSR count). The van der Waals surface area contributed by atoms with Gasteiger partial charge in [0.1, 0.15) is 6.61 Å². The number of aromatic nitrogens is 1. The summed E-state index contributed by atoms with van der Waals surface area (Å²) in [5.74, 6) is 0. The maximum absolute atomic E-state index is 12.0. The van der Waals surface area contributed by atoms with E-state index in [9.17, 15) is 4.79 Å². The van der Waals surface area contributed by atoms with Crippen molar-refractivity contribution in [3.05, 3.63) is 59.4 Å². The van der Waals surface area contributed by atoms with Crippen molar-refractivity contribution in [3.8, 4) is 0 Å². The SMILES string of the molecule is CCCC[C@H](NC(=O)OCc1ccccc1)c1cc(C)c[nH]1. The second-order valence-electron chi connectivity index (χ2n) is 5.53. The van der Waals surface area contributed by atoms with Crippen molar-refractivity contribution in [2.24, 2.45) is 0 Å². The number of hydrogen-bond donors (Lipinski definition) is 2. The first-order valence-electron chi connectivity index (χ1n) is 7.81. The highest BCUT2D eigenvalue weighted by Crippen LogP contribution is 2.19. The third kappa shape index (κ3) is 4.95. The average Bonchev–Trinajstić information content (AvgIpc) is 2.97. The van der Waals surface area contributed by atoms with Crippen molar-refractivity contribution in [2.45, 2.75) is 45.8 Å². The summed E-state index contributed by atoms with van der Waals surface area (Å²) < 4.78 is 5.30. The van der Waals surface area contributed by atoms with Crippen molar-refractivity contribution in [2.75, 3.05) is 0 Å². The van der Waals surface area contributed by atoms with E-state index in [0.29, 0.717) is 0 Å². The van der Waals surface area contributed by atoms with Gasteiger partial charge in [-0.15, -0.1) is 0 Å². The highest BCUT2D eigenvalue weighted by molar-refractivity contribution is 5.67. The van der Waals surface area contributed by atoms with E-state index in [1.165, 1.54) is 0 Å². The number of alkyl carbamates (subject to hydrolysis) is 1. The Morgan fingerprint density at radius 3 is 2.73 bits per heavy atom. The van der Waals surface area contributed by atoms with Crippen LogP contribution in [0.1, 0.15) is 49.0 Å². The molecule has 1 amide bonds. The van der Waals surface area contributed by atoms with Gasteiger partial charge in [0.05, 0.1) is 6.04 Å². The molecule has 1 aromatic carbocycles. The minimum Gasteiger partial charge on any atom is -0.445 e. The second-order valence-corrected chi connectivity index (χ2v) is 5.53. The molecule has 1 atom stereocenters. The summed E-state index contributed by atoms with van der Waals surface area (Å²) in [6.45, 7) is 4.46. The van der Waals surface area contributed by atoms with Crippen LogP contribution in [-0.4, -0.2) is 11.1 Å². The molecular formula is C18H24N2O2. The molecule has 2 N–H and O–H groups in total. The van der Waals surface area contributed by atoms with Crippen molar-refractivity contribution in [1.82, 2.24) is 10.3 Å². The van der Waals surface area contributed by atoms with Gasteiger partial charge in [-0.05, 0) is 30.5 Å². The number of carbonyl (C=O) groups excluding carboxylic acids is 1. The number of nitrogens with one attached hydrogen (secondary N) is 2. The van der Waals surface area contributed by atoms with E-state index in [0.717, 1.165) is 36.1 Å². The van der Waals surface area contributed by atoms with E-state index in [1.54, 1.807) is 0 Å². The minimum atomic E-state index is -0.378. The van der Waals surface area contributed by atoms with Gasteiger partial charge in [-0.2, -0.15) is 0 Å². The van der Waals surface area contributed by atoms with Crippen LogP contribution in [0.15, 0.2) is 42.6 Å². The Bertz CT molecular complexity index is 578. The summed E-state index contributed by atoms with van der Waals surface area (Å²) in [7, 11) is 0. The van der Waals surface area contributed by atoms with Crippen molar-refractivity contribution >= 4 is 6.09 Å². The van der Waals surface area contributed by atoms with Gasteiger partial charge < -0.3 is 15.0 Å². The van der Waals surface area contributed by atoms with Gasteiger partial charge >= 0.3 is 6.09 Å². The number of H-pyrrole nitrogens is 1. The van der Waals surface area contributed by atoms with E-state index < -0.39 is 0 Å². The number of ether oxygens (including phenoxy) is 1. The fourth-order valence-electron chi connectivity index (χ4n) is 2.35. The van der Waals surface area contributed by atoms with Gasteiger partial charge in [-0.25, -0.2) is 4.79 Å². The molecular weight excluding hydrogens is 276 g/mol. The molecule has 0 aliphatic heterocycles. The lowest BCUT2D eigenvalue weighted by Gasteiger charge is -2.17. The molecule has 0 aliphatic rings. The standard InChI is InChI=1S/C18H24N2O2/c1-3-4-10-16(17-11-14(2)12-19-17)20-18(21)22-13-15-8-6-5-7-9-15/h5-9,11-12,16,19H,3-4,10,13H2,1-2H3,(H,20,21)/t16-/m0/s1. The molecule has 0 spiro atoms. The maximum Gasteiger partial charge on any atom is 0.408 e. The average molecular weight is 300 g/mol. The van der Waals surface area contributed by atoms with Crippen LogP contribution < -0.4 is 5.32 Å². The third-order valence-corrected chi connectivity index (χ3v) is 3.58. The zero-order chi connectivity index (χ0) is 15.8. The third-order valence-electron chi connectivity index (χ3n) is 3.58. The lowest BCUT2D eigenvalue weighted by molar-refractivity contribution is 0.134. The zero-order valence-corrected chi connectivity index (χ0v) is 13.3. The van der Waals surface area contributed by atoms with Gasteiger partial charge in [-0.1, -0.05) is 50.1 Å². The van der Waals surface area contributed by atoms with Crippen molar-refractivity contribution in [3.63, 3.8) is 0 Å². The molecule has 0 fully saturated rings. The summed E-state index contributed by atoms with van der Waals surface area (Å²) in [6.07, 6.45) is 4.62. The predicted octanol–water partition coefficient (Wildman–Crippen LogP) is 4.48. The van der Waals surface area contributed by atoms with E-state index in [1.807, 2.05) is 43.5 Å². The smallest absolute Gasteiger partial charge is 0.408 e. The van der Waals surface area contributed by atoms with E-state index in [2.05, 4.69) is 23.3 Å². The van der Waals surface area contributed by atoms with Gasteiger partial charge in [0.15, 0.2) is 0 Å². The molecule has 0 saturated carbocycles. The van der Waals surface area contributed by atoms with Gasteiger partial charge in [0, 0.05) is 11.9 Å². The fourth-order valence-corrected chi connectivity index (χ4v) is 2.35. The van der Waals surface area contributed by atoms with Crippen LogP contribution in [0.4, 0.5) is 4.79 Å². The topological polar surface area (TPSA) is 54.1 Å². The lowest BCUT2D eigenvalue weighted by atomic mass is 10.1. The van der Waals surface area contributed by atoms with Crippen LogP contribution in [0.5, 0.6) is 0 Å². The first-order valence-corrected chi connectivity index (χ1v) is 7.81. The fraction of sp³-hybridized carbons (Fsp3) is 0.389. The molecule has 0 radical (unpaired) electrons. The predicted molar refractivity (Wildman–Crippen MR) is 87.6 cm³/mol. The Hall–Kier alpha value is -2.23. The maximum atomic E-state index is 12.0. The monoisotopic (exact) mass is 300 g/mol. The number of unbranched alkanes of at least 4 members (excludes halogenated alkanes) is 1. The summed E-state index contributed by atoms with van der Waals surface area (Å²) >= 11 is 0. The van der Waals surface area contributed by atoms with Gasteiger partial charge in [-0.3, -0.25) is 0 Å². The molecule has 0 aliphatic carbocycles. The van der Waals surface area contributed by atoms with Gasteiger partial charge in [0.2, 0.25) is 0 Å². The van der Waals surface area contributed by atoms with E-state index in [4.69, 9.17) is 4.74 Å². The Morgan fingerprint density at radius 1 is 1.32 bits per heavy atom. The minimum absolute atomic E-state index is 0.0306. The Morgan fingerprint density at radius 2 is 2.09 bits per heavy atom. The van der Waals surface area contributed by atoms with Crippen LogP contribution in [0.3, 0.4) is 0 Å². The van der Waals surface area contributed by atoms with Crippen molar-refractivity contribution in [1.29, 1.82) is 0 Å². The second kappa shape index (κ2) is 8.27. The number of aryl methyl sites for hydroxylation is 1. The molecule has 4 nitrogen and oxygen atoms in total. The number of benzene rings is 1. The van der Waals surface area contributed by atoms with Gasteiger partial charge in [0.25, 0.3) is 0 Å². The molecule has 0 unspecified atom stereocenters. The normalized spacial score (nSPS) is 11.9. The highest BCUT2D eigenvalue weighted by Gasteiger charge is 2.16. The number of aromatic amines is 1. The largest absolute Gasteiger partial charge is 0.445 e. The number of hydrogen-bond acceptors (Lipinski definition) is 2. The first kappa shape index (κ1) is 16.1. The van der Waals surface area contributed by atoms with Crippen LogP contribution in [0, 0.1) is 6.92 Å². The lowest BCUT2D eigenvalue weighted by Crippen LogP contribution is -2.29. The number of amides is 1. The van der Waals surface area contributed by atoms with Crippen LogP contribution in [-0.2, 0) is 11.3 Å². The Kier molecular flexibility index (Phi) is 6.07. The quantitative estimate of drug-likeness (QED) is 0.792. The molecule has 118 valence electrons. The van der Waals surface area contributed by atoms with E-state index in [-0.39, 0.29) is 18.7 Å². The Labute approximate surface area is 131 Å². The van der Waals surface area contributed by atoms with Crippen LogP contribution >= 0.6 is 0 Å². The number of rotatable bonds is 7. The highest BCUT2D eigenvalue weighted by atomic mass is 16.5. The molecule has 1 heterocycles. The summed E-state index contributed by atoms with van der Waals surface area (Å²) in [5.41, 5.74) is 3.18. The molecule has 1 aromatic heterocycles. The molecule has 22 heavy (non-hydrogen) atoms. The molecule has 0 bridgehead atoms. The number of carbonyl (C=O) groups is 1. The molecule has 2 aromatic rings. The first-order chi connectivity index (χ1) is 10.7. The summed E-state index contributed by atoms with van der Waals surface area (Å²) in [4.78, 5) is 15.2. The van der Waals surface area contributed by atoms with Crippen LogP contribution in [0.2, 0.25) is 0 Å². The summed E-state index contributed by atoms with van der Waals surface area (Å²) in [6, 6.07) is 11.7. The summed E-state index contributed by atoms with van der Waals surface area (Å²) in [5, 5.41) is 2.96. The van der Waals surface area contributed by atoms with Crippen molar-refractivity contribution < 1.29 is 9.53 Å². The zero-order valence-electron chi connectivity index (χ0n) is 13.3. The molecule has 0 saturated heterocycles. The van der Waals surface area contributed by atoms with E-state index >= 15 is 0 Å². The van der Waals surface area contributed by atoms with Crippen LogP contribution in [0.25, 0.3) is 0 Å².